The number of ether oxygens (including phenoxy) is 1. The van der Waals surface area contributed by atoms with Gasteiger partial charge in [-0.1, -0.05) is 24.3 Å². The van der Waals surface area contributed by atoms with Crippen LogP contribution < -0.4 is 15.0 Å². The molecule has 0 bridgehead atoms. The van der Waals surface area contributed by atoms with E-state index in [9.17, 15) is 19.7 Å². The van der Waals surface area contributed by atoms with Crippen LogP contribution in [-0.2, 0) is 9.59 Å². The van der Waals surface area contributed by atoms with Gasteiger partial charge < -0.3 is 4.74 Å². The molecule has 0 spiro atoms. The summed E-state index contributed by atoms with van der Waals surface area (Å²) in [6.45, 7) is 0. The van der Waals surface area contributed by atoms with Crippen molar-refractivity contribution in [1.29, 1.82) is 0 Å². The molecule has 1 aliphatic heterocycles. The van der Waals surface area contributed by atoms with Crippen LogP contribution in [0.25, 0.3) is 6.08 Å². The number of hydrogen-bond acceptors (Lipinski definition) is 6. The molecule has 2 amide bonds. The topological polar surface area (TPSA) is 102 Å². The van der Waals surface area contributed by atoms with Crippen LogP contribution in [0, 0.1) is 10.1 Å². The smallest absolute Gasteiger partial charge is 0.276 e. The summed E-state index contributed by atoms with van der Waals surface area (Å²) in [6.07, 6.45) is 4.16. The van der Waals surface area contributed by atoms with E-state index >= 15 is 0 Å². The number of nitro groups is 1. The van der Waals surface area contributed by atoms with Gasteiger partial charge in [0.25, 0.3) is 17.5 Å². The molecule has 1 saturated heterocycles. The summed E-state index contributed by atoms with van der Waals surface area (Å²) in [5, 5.41) is 13.5. The Kier molecular flexibility index (Phi) is 5.79. The van der Waals surface area contributed by atoms with E-state index in [1.807, 2.05) is 0 Å². The minimum Gasteiger partial charge on any atom is -0.497 e. The lowest BCUT2D eigenvalue weighted by Crippen LogP contribution is -2.54. The molecule has 2 aromatic carbocycles. The molecule has 9 heteroatoms. The molecule has 146 valence electrons. The van der Waals surface area contributed by atoms with Gasteiger partial charge in [-0.25, -0.2) is 0 Å². The van der Waals surface area contributed by atoms with Crippen LogP contribution in [0.5, 0.6) is 5.75 Å². The molecule has 0 atom stereocenters. The fraction of sp³-hybridized carbons (Fsp3) is 0.0500. The number of thiocarbonyl (C=S) groups is 1. The maximum atomic E-state index is 12.9. The largest absolute Gasteiger partial charge is 0.497 e. The number of methoxy groups -OCH3 is 1. The van der Waals surface area contributed by atoms with Gasteiger partial charge in [0, 0.05) is 12.1 Å². The molecular weight excluding hydrogens is 394 g/mol. The van der Waals surface area contributed by atoms with Crippen LogP contribution in [0.15, 0.2) is 66.3 Å². The zero-order valence-electron chi connectivity index (χ0n) is 15.2. The summed E-state index contributed by atoms with van der Waals surface area (Å²) in [5.41, 5.74) is 0.545. The lowest BCUT2D eigenvalue weighted by atomic mass is 10.1. The van der Waals surface area contributed by atoms with Crippen molar-refractivity contribution in [3.05, 3.63) is 81.9 Å². The average molecular weight is 409 g/mol. The number of carbonyl (C=O) groups excluding carboxylic acids is 2. The highest BCUT2D eigenvalue weighted by Crippen LogP contribution is 2.25. The number of anilines is 1. The van der Waals surface area contributed by atoms with Gasteiger partial charge in [-0.15, -0.1) is 0 Å². The summed E-state index contributed by atoms with van der Waals surface area (Å²) in [6, 6.07) is 12.8. The third kappa shape index (κ3) is 4.19. The molecule has 0 radical (unpaired) electrons. The highest BCUT2D eigenvalue weighted by Gasteiger charge is 2.34. The predicted molar refractivity (Wildman–Crippen MR) is 111 cm³/mol. The monoisotopic (exact) mass is 409 g/mol. The molecule has 0 aliphatic carbocycles. The molecule has 0 unspecified atom stereocenters. The van der Waals surface area contributed by atoms with Gasteiger partial charge in [0.2, 0.25) is 0 Å². The number of para-hydroxylation sites is 1. The Balaban J connectivity index is 1.92. The summed E-state index contributed by atoms with van der Waals surface area (Å²) in [5.74, 6) is -0.734. The fourth-order valence-electron chi connectivity index (χ4n) is 2.70. The number of nitro benzene ring substituents is 1. The number of nitrogens with zero attached hydrogens (tertiary/aromatic N) is 2. The van der Waals surface area contributed by atoms with Gasteiger partial charge in [0.1, 0.15) is 11.3 Å². The van der Waals surface area contributed by atoms with Gasteiger partial charge in [-0.2, -0.15) is 0 Å². The van der Waals surface area contributed by atoms with Crippen molar-refractivity contribution in [2.75, 3.05) is 12.0 Å². The quantitative estimate of drug-likeness (QED) is 0.268. The second-order valence-corrected chi connectivity index (χ2v) is 6.24. The van der Waals surface area contributed by atoms with E-state index in [-0.39, 0.29) is 16.4 Å². The second-order valence-electron chi connectivity index (χ2n) is 5.86. The van der Waals surface area contributed by atoms with Crippen molar-refractivity contribution in [1.82, 2.24) is 5.32 Å². The first kappa shape index (κ1) is 19.9. The molecule has 1 heterocycles. The highest BCUT2D eigenvalue weighted by atomic mass is 32.1. The van der Waals surface area contributed by atoms with Gasteiger partial charge in [0.15, 0.2) is 5.11 Å². The zero-order valence-corrected chi connectivity index (χ0v) is 16.0. The lowest BCUT2D eigenvalue weighted by molar-refractivity contribution is -0.385. The van der Waals surface area contributed by atoms with E-state index in [1.165, 1.54) is 36.3 Å². The first-order chi connectivity index (χ1) is 13.9. The number of carbonyl (C=O) groups is 2. The van der Waals surface area contributed by atoms with Gasteiger partial charge in [0.05, 0.1) is 23.3 Å². The lowest BCUT2D eigenvalue weighted by Gasteiger charge is -2.28. The van der Waals surface area contributed by atoms with E-state index in [0.717, 1.165) is 0 Å². The van der Waals surface area contributed by atoms with Crippen LogP contribution in [0.4, 0.5) is 11.4 Å². The van der Waals surface area contributed by atoms with Crippen LogP contribution in [0.1, 0.15) is 5.56 Å². The second kappa shape index (κ2) is 8.44. The highest BCUT2D eigenvalue weighted by molar-refractivity contribution is 7.80. The van der Waals surface area contributed by atoms with E-state index in [2.05, 4.69) is 5.32 Å². The third-order valence-corrected chi connectivity index (χ3v) is 4.37. The molecule has 1 N–H and O–H groups in total. The van der Waals surface area contributed by atoms with Crippen molar-refractivity contribution in [3.8, 4) is 5.75 Å². The van der Waals surface area contributed by atoms with E-state index < -0.39 is 16.7 Å². The maximum Gasteiger partial charge on any atom is 0.276 e. The number of benzene rings is 2. The van der Waals surface area contributed by atoms with Crippen molar-refractivity contribution >= 4 is 46.6 Å². The number of hydrogen-bond donors (Lipinski definition) is 1. The Morgan fingerprint density at radius 2 is 1.93 bits per heavy atom. The van der Waals surface area contributed by atoms with Crippen LogP contribution in [-0.4, -0.2) is 29.0 Å². The predicted octanol–water partition coefficient (Wildman–Crippen LogP) is 2.99. The summed E-state index contributed by atoms with van der Waals surface area (Å²) >= 11 is 5.14. The molecular formula is C20H15N3O5S. The first-order valence-electron chi connectivity index (χ1n) is 8.38. The molecule has 0 aromatic heterocycles. The summed E-state index contributed by atoms with van der Waals surface area (Å²) in [4.78, 5) is 36.9. The Morgan fingerprint density at radius 1 is 1.17 bits per heavy atom. The Labute approximate surface area is 171 Å². The minimum absolute atomic E-state index is 0.0481. The van der Waals surface area contributed by atoms with Crippen LogP contribution in [0.3, 0.4) is 0 Å². The average Bonchev–Trinajstić information content (AvgIpc) is 2.70. The van der Waals surface area contributed by atoms with E-state index in [0.29, 0.717) is 17.0 Å². The number of allylic oxidation sites excluding steroid dienone is 2. The molecule has 29 heavy (non-hydrogen) atoms. The SMILES string of the molecule is COc1cccc(N2C(=O)C(=CC=Cc3ccccc3[N+](=O)[O-])C(=O)NC2=S)c1. The van der Waals surface area contributed by atoms with Crippen LogP contribution >= 0.6 is 12.2 Å². The molecule has 3 rings (SSSR count). The normalized spacial score (nSPS) is 15.7. The molecule has 0 saturated carbocycles. The Morgan fingerprint density at radius 3 is 2.66 bits per heavy atom. The van der Waals surface area contributed by atoms with Gasteiger partial charge in [-0.3, -0.25) is 29.9 Å². The first-order valence-corrected chi connectivity index (χ1v) is 8.79. The molecule has 8 nitrogen and oxygen atoms in total. The summed E-state index contributed by atoms with van der Waals surface area (Å²) < 4.78 is 5.16. The maximum absolute atomic E-state index is 12.9. The van der Waals surface area contributed by atoms with Crippen molar-refractivity contribution in [2.24, 2.45) is 0 Å². The Bertz CT molecular complexity index is 1080. The van der Waals surface area contributed by atoms with Gasteiger partial charge >= 0.3 is 0 Å². The molecule has 1 aliphatic rings. The summed E-state index contributed by atoms with van der Waals surface area (Å²) in [7, 11) is 1.50. The van der Waals surface area contributed by atoms with E-state index in [4.69, 9.17) is 17.0 Å². The van der Waals surface area contributed by atoms with Crippen molar-refractivity contribution < 1.29 is 19.2 Å². The standard InChI is InChI=1S/C20H15N3O5S/c1-28-15-9-5-8-14(12-15)22-19(25)16(18(24)21-20(22)29)10-4-7-13-6-2-3-11-17(13)23(26)27/h2-12H,1H3,(H,21,24,29). The fourth-order valence-corrected chi connectivity index (χ4v) is 2.98. The number of amides is 2. The van der Waals surface area contributed by atoms with E-state index in [1.54, 1.807) is 42.5 Å². The Hall–Kier alpha value is -3.85. The van der Waals surface area contributed by atoms with Crippen LogP contribution in [0.2, 0.25) is 0 Å². The number of rotatable bonds is 5. The van der Waals surface area contributed by atoms with Crippen molar-refractivity contribution in [3.63, 3.8) is 0 Å². The molecule has 2 aromatic rings. The third-order valence-electron chi connectivity index (χ3n) is 4.09. The molecule has 1 fully saturated rings. The minimum atomic E-state index is -0.647. The number of nitrogens with one attached hydrogen (secondary N) is 1. The zero-order chi connectivity index (χ0) is 21.0. The van der Waals surface area contributed by atoms with Crippen molar-refractivity contribution in [2.45, 2.75) is 0 Å². The van der Waals surface area contributed by atoms with Gasteiger partial charge in [-0.05, 0) is 42.6 Å².